The van der Waals surface area contributed by atoms with E-state index >= 15 is 0 Å². The number of fused-ring (bicyclic) bond motifs is 3. The molecule has 7 atom stereocenters. The summed E-state index contributed by atoms with van der Waals surface area (Å²) in [6.45, 7) is 14.7. The van der Waals surface area contributed by atoms with Gasteiger partial charge in [-0.05, 0) is 107 Å². The average Bonchev–Trinajstić information content (AvgIpc) is 2.67. The number of carbonyl (C=O) groups is 3. The van der Waals surface area contributed by atoms with Gasteiger partial charge in [0.15, 0.2) is 5.78 Å². The number of allylic oxidation sites excluding steroid dienone is 2. The minimum atomic E-state index is -1.16. The van der Waals surface area contributed by atoms with Gasteiger partial charge < -0.3 is 14.9 Å². The summed E-state index contributed by atoms with van der Waals surface area (Å²) in [6, 6.07) is 0. The van der Waals surface area contributed by atoms with Crippen molar-refractivity contribution in [1.82, 2.24) is 0 Å². The van der Waals surface area contributed by atoms with Crippen LogP contribution in [0.15, 0.2) is 11.6 Å². The smallest absolute Gasteiger partial charge is 0.317 e. The zero-order valence-electron chi connectivity index (χ0n) is 22.8. The van der Waals surface area contributed by atoms with E-state index in [1.165, 1.54) is 0 Å². The van der Waals surface area contributed by atoms with Gasteiger partial charge in [0, 0.05) is 5.41 Å². The molecule has 7 unspecified atom stereocenters. The van der Waals surface area contributed by atoms with Gasteiger partial charge in [0.25, 0.3) is 0 Å². The second-order valence-corrected chi connectivity index (χ2v) is 13.2. The van der Waals surface area contributed by atoms with E-state index in [0.29, 0.717) is 11.8 Å². The molecule has 198 valence electrons. The van der Waals surface area contributed by atoms with E-state index in [-0.39, 0.29) is 34.1 Å². The summed E-state index contributed by atoms with van der Waals surface area (Å²) >= 11 is 0. The van der Waals surface area contributed by atoms with Crippen molar-refractivity contribution >= 4 is 17.7 Å². The molecule has 0 aliphatic heterocycles. The Morgan fingerprint density at radius 1 is 0.914 bits per heavy atom. The van der Waals surface area contributed by atoms with Gasteiger partial charge in [-0.1, -0.05) is 33.3 Å². The van der Waals surface area contributed by atoms with Gasteiger partial charge in [0.1, 0.15) is 12.5 Å². The number of aliphatic carboxylic acids is 1. The van der Waals surface area contributed by atoms with Crippen LogP contribution < -0.4 is 0 Å². The number of ketones is 1. The highest BCUT2D eigenvalue weighted by Crippen LogP contribution is 2.70. The Kier molecular flexibility index (Phi) is 7.68. The monoisotopic (exact) mass is 490 g/mol. The molecule has 0 bridgehead atoms. The molecule has 6 heteroatoms. The number of rotatable bonds is 7. The standard InChI is InChI=1S/C29H46O6/c1-18(16-19(2)30)8-9-22-28(6)13-10-20-26(3,4)23(35-25(33)17-24(31)32)12-14-27(20,5)21(28)11-15-29(22,7)34/h16,20-23,34H,8-15,17H2,1-7H3,(H,31,32)/b18-16+. The number of hydrogen-bond donors (Lipinski definition) is 2. The molecule has 0 spiro atoms. The SMILES string of the molecule is CC(=O)/C=C(\C)CCC1C(C)(O)CCC2C1(C)CCC1C(C)(C)C(OC(=O)CC(=O)O)CCC12C. The second-order valence-electron chi connectivity index (χ2n) is 13.2. The van der Waals surface area contributed by atoms with Crippen molar-refractivity contribution in [1.29, 1.82) is 0 Å². The van der Waals surface area contributed by atoms with Crippen LogP contribution >= 0.6 is 0 Å². The molecule has 6 nitrogen and oxygen atoms in total. The zero-order valence-corrected chi connectivity index (χ0v) is 22.8. The Hall–Kier alpha value is -1.69. The first kappa shape index (κ1) is 27.9. The lowest BCUT2D eigenvalue weighted by Gasteiger charge is -2.68. The predicted molar refractivity (Wildman–Crippen MR) is 135 cm³/mol. The maximum Gasteiger partial charge on any atom is 0.317 e. The van der Waals surface area contributed by atoms with E-state index in [1.807, 2.05) is 13.8 Å². The van der Waals surface area contributed by atoms with E-state index in [1.54, 1.807) is 13.0 Å². The molecule has 35 heavy (non-hydrogen) atoms. The topological polar surface area (TPSA) is 101 Å². The van der Waals surface area contributed by atoms with E-state index in [9.17, 15) is 19.5 Å². The highest BCUT2D eigenvalue weighted by atomic mass is 16.5. The number of carboxylic acids is 1. The van der Waals surface area contributed by atoms with Gasteiger partial charge in [0.05, 0.1) is 5.60 Å². The van der Waals surface area contributed by atoms with Gasteiger partial charge >= 0.3 is 11.9 Å². The molecule has 2 N–H and O–H groups in total. The van der Waals surface area contributed by atoms with Crippen molar-refractivity contribution in [2.75, 3.05) is 0 Å². The number of carbonyl (C=O) groups excluding carboxylic acids is 2. The lowest BCUT2D eigenvalue weighted by atomic mass is 9.37. The lowest BCUT2D eigenvalue weighted by molar-refractivity contribution is -0.231. The largest absolute Gasteiger partial charge is 0.481 e. The van der Waals surface area contributed by atoms with Crippen molar-refractivity contribution in [3.05, 3.63) is 11.6 Å². The number of aliphatic hydroxyl groups is 1. The van der Waals surface area contributed by atoms with Crippen LogP contribution in [-0.4, -0.2) is 39.6 Å². The summed E-state index contributed by atoms with van der Waals surface area (Å²) in [6.07, 6.45) is 7.95. The fourth-order valence-electron chi connectivity index (χ4n) is 8.93. The van der Waals surface area contributed by atoms with Crippen molar-refractivity contribution in [3.63, 3.8) is 0 Å². The third-order valence-corrected chi connectivity index (χ3v) is 10.4. The van der Waals surface area contributed by atoms with Crippen LogP contribution in [-0.2, 0) is 19.1 Å². The van der Waals surface area contributed by atoms with E-state index in [0.717, 1.165) is 56.9 Å². The molecule has 3 fully saturated rings. The minimum absolute atomic E-state index is 0.00754. The van der Waals surface area contributed by atoms with E-state index in [2.05, 4.69) is 27.7 Å². The van der Waals surface area contributed by atoms with E-state index < -0.39 is 24.0 Å². The maximum absolute atomic E-state index is 12.2. The molecule has 0 heterocycles. The van der Waals surface area contributed by atoms with Gasteiger partial charge in [-0.15, -0.1) is 0 Å². The number of esters is 1. The Morgan fingerprint density at radius 2 is 1.51 bits per heavy atom. The molecule has 0 aromatic heterocycles. The van der Waals surface area contributed by atoms with Crippen molar-refractivity contribution in [2.24, 2.45) is 34.0 Å². The fourth-order valence-corrected chi connectivity index (χ4v) is 8.93. The van der Waals surface area contributed by atoms with Crippen LogP contribution in [0.5, 0.6) is 0 Å². The number of carboxylic acid groups (broad SMARTS) is 1. The summed E-state index contributed by atoms with van der Waals surface area (Å²) in [5, 5.41) is 20.5. The molecule has 3 rings (SSSR count). The Morgan fingerprint density at radius 3 is 2.11 bits per heavy atom. The Labute approximate surface area is 210 Å². The second kappa shape index (κ2) is 9.64. The van der Waals surface area contributed by atoms with Crippen LogP contribution in [0.2, 0.25) is 0 Å². The predicted octanol–water partition coefficient (Wildman–Crippen LogP) is 5.71. The molecule has 0 saturated heterocycles. The number of ether oxygens (including phenoxy) is 1. The summed E-state index contributed by atoms with van der Waals surface area (Å²) in [4.78, 5) is 34.7. The molecule has 3 saturated carbocycles. The van der Waals surface area contributed by atoms with Crippen molar-refractivity contribution in [2.45, 2.75) is 118 Å². The van der Waals surface area contributed by atoms with Gasteiger partial charge in [-0.25, -0.2) is 0 Å². The quantitative estimate of drug-likeness (QED) is 0.269. The first-order valence-electron chi connectivity index (χ1n) is 13.4. The summed E-state index contributed by atoms with van der Waals surface area (Å²) in [5.74, 6) is -0.786. The maximum atomic E-state index is 12.2. The third kappa shape index (κ3) is 5.23. The van der Waals surface area contributed by atoms with Gasteiger partial charge in [0.2, 0.25) is 0 Å². The van der Waals surface area contributed by atoms with Crippen LogP contribution in [0, 0.1) is 34.0 Å². The molecule has 0 aromatic carbocycles. The van der Waals surface area contributed by atoms with Crippen LogP contribution in [0.1, 0.15) is 106 Å². The first-order chi connectivity index (χ1) is 16.0. The third-order valence-electron chi connectivity index (χ3n) is 10.4. The van der Waals surface area contributed by atoms with Crippen LogP contribution in [0.25, 0.3) is 0 Å². The molecule has 3 aliphatic carbocycles. The summed E-state index contributed by atoms with van der Waals surface area (Å²) in [5.41, 5.74) is 0.143. The Bertz CT molecular complexity index is 886. The van der Waals surface area contributed by atoms with Crippen LogP contribution in [0.3, 0.4) is 0 Å². The lowest BCUT2D eigenvalue weighted by Crippen LogP contribution is -2.64. The fraction of sp³-hybridized carbons (Fsp3) is 0.828. The van der Waals surface area contributed by atoms with Crippen LogP contribution in [0.4, 0.5) is 0 Å². The highest BCUT2D eigenvalue weighted by Gasteiger charge is 2.65. The Balaban J connectivity index is 1.86. The minimum Gasteiger partial charge on any atom is -0.481 e. The van der Waals surface area contributed by atoms with Gasteiger partial charge in [-0.2, -0.15) is 0 Å². The molecular formula is C29H46O6. The molecule has 3 aliphatic rings. The normalized spacial score (nSPS) is 40.9. The van der Waals surface area contributed by atoms with Gasteiger partial charge in [-0.3, -0.25) is 14.4 Å². The van der Waals surface area contributed by atoms with Crippen molar-refractivity contribution < 1.29 is 29.3 Å². The summed E-state index contributed by atoms with van der Waals surface area (Å²) in [7, 11) is 0. The number of hydrogen-bond acceptors (Lipinski definition) is 5. The highest BCUT2D eigenvalue weighted by molar-refractivity contribution is 5.90. The van der Waals surface area contributed by atoms with E-state index in [4.69, 9.17) is 9.84 Å². The molecule has 0 aromatic rings. The average molecular weight is 491 g/mol. The van der Waals surface area contributed by atoms with Crippen molar-refractivity contribution in [3.8, 4) is 0 Å². The zero-order chi connectivity index (χ0) is 26.4. The molecular weight excluding hydrogens is 444 g/mol. The molecule has 0 amide bonds. The summed E-state index contributed by atoms with van der Waals surface area (Å²) < 4.78 is 5.73. The first-order valence-corrected chi connectivity index (χ1v) is 13.4. The molecule has 0 radical (unpaired) electrons.